The van der Waals surface area contributed by atoms with Crippen molar-refractivity contribution in [1.82, 2.24) is 15.2 Å². The third-order valence-corrected chi connectivity index (χ3v) is 6.60. The molecule has 0 fully saturated rings. The van der Waals surface area contributed by atoms with E-state index in [9.17, 15) is 14.4 Å². The van der Waals surface area contributed by atoms with Gasteiger partial charge in [-0.05, 0) is 39.2 Å². The van der Waals surface area contributed by atoms with Gasteiger partial charge in [-0.2, -0.15) is 0 Å². The molecule has 1 aromatic rings. The van der Waals surface area contributed by atoms with Crippen molar-refractivity contribution in [1.29, 1.82) is 0 Å². The first-order valence-corrected chi connectivity index (χ1v) is 13.9. The molecule has 1 rings (SSSR count). The van der Waals surface area contributed by atoms with E-state index in [0.717, 1.165) is 45.1 Å². The highest BCUT2D eigenvalue weighted by atomic mass is 32.1. The van der Waals surface area contributed by atoms with Crippen molar-refractivity contribution in [3.63, 3.8) is 0 Å². The van der Waals surface area contributed by atoms with Crippen molar-refractivity contribution < 1.29 is 19.1 Å². The predicted octanol–water partition coefficient (Wildman–Crippen LogP) is 5.09. The van der Waals surface area contributed by atoms with Gasteiger partial charge in [0, 0.05) is 31.3 Å². The molecule has 9 heteroatoms. The largest absolute Gasteiger partial charge is 0.461 e. The highest BCUT2D eigenvalue weighted by Gasteiger charge is 2.31. The van der Waals surface area contributed by atoms with Gasteiger partial charge in [-0.1, -0.05) is 53.4 Å². The molecular weight excluding hydrogens is 464 g/mol. The lowest BCUT2D eigenvalue weighted by Gasteiger charge is -2.37. The van der Waals surface area contributed by atoms with Gasteiger partial charge in [0.1, 0.15) is 5.01 Å². The predicted molar refractivity (Wildman–Crippen MR) is 143 cm³/mol. The van der Waals surface area contributed by atoms with Crippen LogP contribution in [0.25, 0.3) is 0 Å². The summed E-state index contributed by atoms with van der Waals surface area (Å²) in [6, 6.07) is -0.414. The molecule has 0 bridgehead atoms. The Morgan fingerprint density at radius 1 is 1.09 bits per heavy atom. The van der Waals surface area contributed by atoms with E-state index in [-0.39, 0.29) is 42.1 Å². The van der Waals surface area contributed by atoms with Crippen LogP contribution in [0.2, 0.25) is 0 Å². The van der Waals surface area contributed by atoms with Crippen molar-refractivity contribution in [2.75, 3.05) is 20.2 Å². The molecule has 2 atom stereocenters. The monoisotopic (exact) mass is 512 g/mol. The number of unbranched alkanes of at least 4 members (excludes halogenated alkanes) is 4. The number of carbonyl (C=O) groups is 3. The molecule has 3 N–H and O–H groups in total. The molecule has 2 unspecified atom stereocenters. The van der Waals surface area contributed by atoms with E-state index in [1.807, 2.05) is 4.90 Å². The Hall–Kier alpha value is -2.00. The van der Waals surface area contributed by atoms with Crippen LogP contribution in [0.5, 0.6) is 0 Å². The summed E-state index contributed by atoms with van der Waals surface area (Å²) in [4.78, 5) is 43.8. The van der Waals surface area contributed by atoms with Crippen LogP contribution >= 0.6 is 11.3 Å². The Labute approximate surface area is 216 Å². The van der Waals surface area contributed by atoms with Crippen LogP contribution in [-0.2, 0) is 14.3 Å². The zero-order valence-corrected chi connectivity index (χ0v) is 23.7. The van der Waals surface area contributed by atoms with Gasteiger partial charge >= 0.3 is 5.97 Å². The number of amides is 2. The SMILES string of the molecule is CCCCCCN(C(=O)CCCC)C(CC(NC(C)=O)c1nc(C(=O)OCC)cs1)C(C)C.CN. The van der Waals surface area contributed by atoms with Crippen LogP contribution in [0.4, 0.5) is 0 Å². The van der Waals surface area contributed by atoms with Gasteiger partial charge < -0.3 is 20.7 Å². The van der Waals surface area contributed by atoms with Gasteiger partial charge in [-0.15, -0.1) is 11.3 Å². The van der Waals surface area contributed by atoms with E-state index < -0.39 is 5.97 Å². The molecule has 1 heterocycles. The minimum absolute atomic E-state index is 0.0391. The number of carbonyl (C=O) groups excluding carboxylic acids is 3. The van der Waals surface area contributed by atoms with Crippen LogP contribution in [0, 0.1) is 5.92 Å². The number of rotatable bonds is 16. The molecule has 8 nitrogen and oxygen atoms in total. The van der Waals surface area contributed by atoms with Gasteiger partial charge in [0.15, 0.2) is 5.69 Å². The first-order valence-electron chi connectivity index (χ1n) is 13.0. The second-order valence-electron chi connectivity index (χ2n) is 8.84. The lowest BCUT2D eigenvalue weighted by Crippen LogP contribution is -2.46. The van der Waals surface area contributed by atoms with Crippen molar-refractivity contribution in [2.24, 2.45) is 11.7 Å². The lowest BCUT2D eigenvalue weighted by atomic mass is 9.94. The molecule has 0 aliphatic carbocycles. The number of ether oxygens (including phenoxy) is 1. The van der Waals surface area contributed by atoms with Crippen LogP contribution in [-0.4, -0.2) is 53.9 Å². The van der Waals surface area contributed by atoms with E-state index in [4.69, 9.17) is 4.74 Å². The molecule has 1 aromatic heterocycles. The molecule has 202 valence electrons. The zero-order chi connectivity index (χ0) is 26.8. The number of hydrogen-bond donors (Lipinski definition) is 2. The maximum absolute atomic E-state index is 13.2. The molecule has 0 aromatic carbocycles. The van der Waals surface area contributed by atoms with Crippen LogP contribution in [0.3, 0.4) is 0 Å². The normalized spacial score (nSPS) is 12.4. The Morgan fingerprint density at radius 3 is 2.29 bits per heavy atom. The van der Waals surface area contributed by atoms with E-state index >= 15 is 0 Å². The fraction of sp³-hybridized carbons (Fsp3) is 0.769. The summed E-state index contributed by atoms with van der Waals surface area (Å²) < 4.78 is 5.06. The summed E-state index contributed by atoms with van der Waals surface area (Å²) in [5.74, 6) is -0.237. The number of hydrogen-bond acceptors (Lipinski definition) is 7. The van der Waals surface area contributed by atoms with E-state index in [1.54, 1.807) is 12.3 Å². The topological polar surface area (TPSA) is 115 Å². The number of aromatic nitrogens is 1. The quantitative estimate of drug-likeness (QED) is 0.236. The van der Waals surface area contributed by atoms with Gasteiger partial charge in [0.05, 0.1) is 12.6 Å². The molecule has 0 spiro atoms. The minimum atomic E-state index is -0.464. The highest BCUT2D eigenvalue weighted by molar-refractivity contribution is 7.09. The Morgan fingerprint density at radius 2 is 1.74 bits per heavy atom. The molecule has 0 radical (unpaired) electrons. The van der Waals surface area contributed by atoms with Gasteiger partial charge in [-0.25, -0.2) is 9.78 Å². The first-order chi connectivity index (χ1) is 16.7. The lowest BCUT2D eigenvalue weighted by molar-refractivity contribution is -0.135. The zero-order valence-electron chi connectivity index (χ0n) is 22.9. The summed E-state index contributed by atoms with van der Waals surface area (Å²) in [7, 11) is 1.50. The molecule has 0 saturated carbocycles. The Bertz CT molecular complexity index is 739. The van der Waals surface area contributed by atoms with Gasteiger partial charge in [-0.3, -0.25) is 9.59 Å². The molecular formula is C26H48N4O4S. The summed E-state index contributed by atoms with van der Waals surface area (Å²) in [5.41, 5.74) is 4.75. The average Bonchev–Trinajstić information content (AvgIpc) is 3.32. The molecule has 0 aliphatic heterocycles. The summed E-state index contributed by atoms with van der Waals surface area (Å²) in [6.07, 6.45) is 7.34. The summed E-state index contributed by atoms with van der Waals surface area (Å²) in [5, 5.41) is 5.32. The average molecular weight is 513 g/mol. The number of nitrogens with zero attached hydrogens (tertiary/aromatic N) is 2. The number of nitrogens with one attached hydrogen (secondary N) is 1. The first kappa shape index (κ1) is 33.0. The van der Waals surface area contributed by atoms with Crippen LogP contribution in [0.1, 0.15) is 114 Å². The summed E-state index contributed by atoms with van der Waals surface area (Å²) in [6.45, 7) is 12.7. The number of esters is 1. The van der Waals surface area contributed by atoms with E-state index in [2.05, 4.69) is 43.7 Å². The maximum Gasteiger partial charge on any atom is 0.357 e. The second kappa shape index (κ2) is 19.2. The fourth-order valence-corrected chi connectivity index (χ4v) is 4.72. The molecule has 0 aliphatic rings. The Balaban J connectivity index is 0.00000562. The number of thiazole rings is 1. The van der Waals surface area contributed by atoms with E-state index in [0.29, 0.717) is 17.8 Å². The van der Waals surface area contributed by atoms with Crippen molar-refractivity contribution >= 4 is 29.1 Å². The minimum Gasteiger partial charge on any atom is -0.461 e. The third-order valence-electron chi connectivity index (χ3n) is 5.65. The van der Waals surface area contributed by atoms with E-state index in [1.165, 1.54) is 25.3 Å². The van der Waals surface area contributed by atoms with Crippen molar-refractivity contribution in [2.45, 2.75) is 105 Å². The van der Waals surface area contributed by atoms with Gasteiger partial charge in [0.2, 0.25) is 11.8 Å². The highest BCUT2D eigenvalue weighted by Crippen LogP contribution is 2.29. The number of nitrogens with two attached hydrogens (primary N) is 1. The molecule has 35 heavy (non-hydrogen) atoms. The molecule has 2 amide bonds. The van der Waals surface area contributed by atoms with Crippen molar-refractivity contribution in [3.05, 3.63) is 16.1 Å². The van der Waals surface area contributed by atoms with Crippen LogP contribution < -0.4 is 11.1 Å². The second-order valence-corrected chi connectivity index (χ2v) is 9.73. The van der Waals surface area contributed by atoms with Crippen molar-refractivity contribution in [3.8, 4) is 0 Å². The molecule has 0 saturated heterocycles. The third kappa shape index (κ3) is 12.5. The fourth-order valence-electron chi connectivity index (χ4n) is 3.87. The standard InChI is InChI=1S/C25H43N3O4S.CH5N/c1-7-10-12-13-15-28(23(30)14-11-8-2)22(18(4)5)16-20(26-19(6)29)24-27-21(17-33-24)25(31)32-9-3;1-2/h17-18,20,22H,7-16H2,1-6H3,(H,26,29);2H2,1H3. The smallest absolute Gasteiger partial charge is 0.357 e. The summed E-state index contributed by atoms with van der Waals surface area (Å²) >= 11 is 1.34. The maximum atomic E-state index is 13.2. The Kier molecular flexibility index (Phi) is 18.1. The van der Waals surface area contributed by atoms with Crippen LogP contribution in [0.15, 0.2) is 5.38 Å². The van der Waals surface area contributed by atoms with Gasteiger partial charge in [0.25, 0.3) is 0 Å².